The number of carbonyl (C=O) groups is 1. The number of methoxy groups -OCH3 is 1. The molecular formula is C14H20ClNO2S. The van der Waals surface area contributed by atoms with Crippen LogP contribution in [0.3, 0.4) is 0 Å². The van der Waals surface area contributed by atoms with Gasteiger partial charge < -0.3 is 10.1 Å². The van der Waals surface area contributed by atoms with Gasteiger partial charge in [-0.25, -0.2) is 0 Å². The predicted molar refractivity (Wildman–Crippen MR) is 80.8 cm³/mol. The van der Waals surface area contributed by atoms with Crippen LogP contribution in [0.4, 0.5) is 0 Å². The van der Waals surface area contributed by atoms with Crippen molar-refractivity contribution in [2.24, 2.45) is 0 Å². The van der Waals surface area contributed by atoms with Gasteiger partial charge in [0.25, 0.3) is 0 Å². The Kier molecular flexibility index (Phi) is 7.94. The Morgan fingerprint density at radius 1 is 1.47 bits per heavy atom. The summed E-state index contributed by atoms with van der Waals surface area (Å²) < 4.78 is 4.60. The van der Waals surface area contributed by atoms with Crippen molar-refractivity contribution >= 4 is 29.3 Å². The van der Waals surface area contributed by atoms with E-state index in [2.05, 4.69) is 17.0 Å². The lowest BCUT2D eigenvalue weighted by Crippen LogP contribution is -2.13. The second-order valence-corrected chi connectivity index (χ2v) is 5.68. The molecule has 1 aromatic carbocycles. The third kappa shape index (κ3) is 6.32. The summed E-state index contributed by atoms with van der Waals surface area (Å²) in [5.41, 5.74) is 1.10. The Morgan fingerprint density at radius 3 is 2.89 bits per heavy atom. The Labute approximate surface area is 124 Å². The number of ether oxygens (including phenoxy) is 1. The van der Waals surface area contributed by atoms with Crippen molar-refractivity contribution in [1.29, 1.82) is 0 Å². The molecule has 3 nitrogen and oxygen atoms in total. The summed E-state index contributed by atoms with van der Waals surface area (Å²) in [7, 11) is 1.40. The zero-order valence-corrected chi connectivity index (χ0v) is 12.9. The standard InChI is InChI=1S/C14H20ClNO2S/c1-3-7-16-10-11-4-5-12(9-13(11)15)19-8-6-14(17)18-2/h4-5,9,16H,3,6-8,10H2,1-2H3. The first kappa shape index (κ1) is 16.3. The van der Waals surface area contributed by atoms with Gasteiger partial charge in [-0.1, -0.05) is 24.6 Å². The molecule has 0 bridgehead atoms. The van der Waals surface area contributed by atoms with E-state index in [-0.39, 0.29) is 5.97 Å². The summed E-state index contributed by atoms with van der Waals surface area (Å²) >= 11 is 7.84. The topological polar surface area (TPSA) is 38.3 Å². The maximum atomic E-state index is 11.0. The Morgan fingerprint density at radius 2 is 2.26 bits per heavy atom. The third-order valence-electron chi connectivity index (χ3n) is 2.57. The molecule has 0 saturated carbocycles. The number of hydrogen-bond donors (Lipinski definition) is 1. The van der Waals surface area contributed by atoms with Crippen molar-refractivity contribution in [2.45, 2.75) is 31.2 Å². The molecule has 0 saturated heterocycles. The highest BCUT2D eigenvalue weighted by Crippen LogP contribution is 2.25. The zero-order valence-electron chi connectivity index (χ0n) is 11.4. The van der Waals surface area contributed by atoms with Gasteiger partial charge in [-0.2, -0.15) is 0 Å². The lowest BCUT2D eigenvalue weighted by atomic mass is 10.2. The molecule has 0 atom stereocenters. The van der Waals surface area contributed by atoms with Crippen LogP contribution >= 0.6 is 23.4 Å². The van der Waals surface area contributed by atoms with E-state index in [1.807, 2.05) is 18.2 Å². The minimum absolute atomic E-state index is 0.181. The Bertz CT molecular complexity index is 412. The van der Waals surface area contributed by atoms with E-state index in [4.69, 9.17) is 11.6 Å². The van der Waals surface area contributed by atoms with Crippen LogP contribution in [-0.4, -0.2) is 25.4 Å². The van der Waals surface area contributed by atoms with Crippen molar-refractivity contribution < 1.29 is 9.53 Å². The number of carbonyl (C=O) groups excluding carboxylic acids is 1. The molecule has 0 aliphatic carbocycles. The molecule has 0 heterocycles. The molecule has 0 aromatic heterocycles. The molecule has 19 heavy (non-hydrogen) atoms. The number of hydrogen-bond acceptors (Lipinski definition) is 4. The van der Waals surface area contributed by atoms with Crippen molar-refractivity contribution in [1.82, 2.24) is 5.32 Å². The van der Waals surface area contributed by atoms with E-state index < -0.39 is 0 Å². The van der Waals surface area contributed by atoms with Crippen LogP contribution in [-0.2, 0) is 16.1 Å². The highest BCUT2D eigenvalue weighted by molar-refractivity contribution is 7.99. The molecule has 0 unspecified atom stereocenters. The molecule has 0 amide bonds. The molecule has 0 aliphatic heterocycles. The number of benzene rings is 1. The van der Waals surface area contributed by atoms with Crippen LogP contribution in [0.25, 0.3) is 0 Å². The van der Waals surface area contributed by atoms with Gasteiger partial charge in [0.15, 0.2) is 0 Å². The van der Waals surface area contributed by atoms with Crippen molar-refractivity contribution in [2.75, 3.05) is 19.4 Å². The first-order chi connectivity index (χ1) is 9.17. The van der Waals surface area contributed by atoms with Crippen molar-refractivity contribution in [3.05, 3.63) is 28.8 Å². The average Bonchev–Trinajstić information content (AvgIpc) is 2.41. The van der Waals surface area contributed by atoms with E-state index in [9.17, 15) is 4.79 Å². The summed E-state index contributed by atoms with van der Waals surface area (Å²) in [5, 5.41) is 4.09. The average molecular weight is 302 g/mol. The predicted octanol–water partition coefficient (Wildman–Crippen LogP) is 3.49. The van der Waals surface area contributed by atoms with Crippen LogP contribution < -0.4 is 5.32 Å². The highest BCUT2D eigenvalue weighted by Gasteiger charge is 2.04. The second-order valence-electron chi connectivity index (χ2n) is 4.10. The smallest absolute Gasteiger partial charge is 0.306 e. The van der Waals surface area contributed by atoms with E-state index in [0.29, 0.717) is 12.2 Å². The fraction of sp³-hybridized carbons (Fsp3) is 0.500. The first-order valence-corrected chi connectivity index (χ1v) is 7.72. The Balaban J connectivity index is 2.44. The van der Waals surface area contributed by atoms with E-state index in [1.165, 1.54) is 7.11 Å². The number of rotatable bonds is 8. The van der Waals surface area contributed by atoms with Gasteiger partial charge in [0, 0.05) is 22.2 Å². The van der Waals surface area contributed by atoms with Gasteiger partial charge in [-0.05, 0) is 30.7 Å². The van der Waals surface area contributed by atoms with Crippen LogP contribution in [0, 0.1) is 0 Å². The summed E-state index contributed by atoms with van der Waals surface area (Å²) in [4.78, 5) is 12.1. The first-order valence-electron chi connectivity index (χ1n) is 6.36. The Hall–Kier alpha value is -0.710. The van der Waals surface area contributed by atoms with E-state index in [1.54, 1.807) is 11.8 Å². The van der Waals surface area contributed by atoms with Crippen LogP contribution in [0.15, 0.2) is 23.1 Å². The molecule has 1 aromatic rings. The molecular weight excluding hydrogens is 282 g/mol. The molecule has 106 valence electrons. The lowest BCUT2D eigenvalue weighted by molar-refractivity contribution is -0.140. The van der Waals surface area contributed by atoms with Crippen LogP contribution in [0.2, 0.25) is 5.02 Å². The fourth-order valence-corrected chi connectivity index (χ4v) is 2.70. The molecule has 1 rings (SSSR count). The molecule has 5 heteroatoms. The van der Waals surface area contributed by atoms with Gasteiger partial charge >= 0.3 is 5.97 Å². The summed E-state index contributed by atoms with van der Waals surface area (Å²) in [5.74, 6) is 0.523. The second kappa shape index (κ2) is 9.23. The maximum Gasteiger partial charge on any atom is 0.306 e. The summed E-state index contributed by atoms with van der Waals surface area (Å²) in [6.45, 7) is 3.92. The molecule has 0 aliphatic rings. The number of thioether (sulfide) groups is 1. The van der Waals surface area contributed by atoms with Gasteiger partial charge in [-0.15, -0.1) is 11.8 Å². The molecule has 0 spiro atoms. The van der Waals surface area contributed by atoms with Gasteiger partial charge in [0.05, 0.1) is 13.5 Å². The molecule has 0 fully saturated rings. The van der Waals surface area contributed by atoms with Gasteiger partial charge in [0.2, 0.25) is 0 Å². The maximum absolute atomic E-state index is 11.0. The highest BCUT2D eigenvalue weighted by atomic mass is 35.5. The minimum atomic E-state index is -0.181. The summed E-state index contributed by atoms with van der Waals surface area (Å²) in [6.07, 6.45) is 1.53. The van der Waals surface area contributed by atoms with Crippen molar-refractivity contribution in [3.8, 4) is 0 Å². The van der Waals surface area contributed by atoms with E-state index in [0.717, 1.165) is 35.0 Å². The third-order valence-corrected chi connectivity index (χ3v) is 3.92. The SMILES string of the molecule is CCCNCc1ccc(SCCC(=O)OC)cc1Cl. The largest absolute Gasteiger partial charge is 0.469 e. The van der Waals surface area contributed by atoms with Gasteiger partial charge in [-0.3, -0.25) is 4.79 Å². The zero-order chi connectivity index (χ0) is 14.1. The fourth-order valence-electron chi connectivity index (χ4n) is 1.52. The number of halogens is 1. The quantitative estimate of drug-likeness (QED) is 0.453. The van der Waals surface area contributed by atoms with Crippen LogP contribution in [0.5, 0.6) is 0 Å². The minimum Gasteiger partial charge on any atom is -0.469 e. The van der Waals surface area contributed by atoms with Gasteiger partial charge in [0.1, 0.15) is 0 Å². The van der Waals surface area contributed by atoms with E-state index >= 15 is 0 Å². The lowest BCUT2D eigenvalue weighted by Gasteiger charge is -2.08. The van der Waals surface area contributed by atoms with Crippen LogP contribution in [0.1, 0.15) is 25.3 Å². The van der Waals surface area contributed by atoms with Crippen molar-refractivity contribution in [3.63, 3.8) is 0 Å². The number of nitrogens with one attached hydrogen (secondary N) is 1. The molecule has 1 N–H and O–H groups in total. The monoisotopic (exact) mass is 301 g/mol. The summed E-state index contributed by atoms with van der Waals surface area (Å²) in [6, 6.07) is 6.02. The normalized spacial score (nSPS) is 10.5. The molecule has 0 radical (unpaired) electrons. The number of esters is 1.